The van der Waals surface area contributed by atoms with Crippen LogP contribution in [0.25, 0.3) is 22.6 Å². The second-order valence-electron chi connectivity index (χ2n) is 6.05. The summed E-state index contributed by atoms with van der Waals surface area (Å²) < 4.78 is 12.4. The molecule has 0 bridgehead atoms. The summed E-state index contributed by atoms with van der Waals surface area (Å²) in [6.07, 6.45) is 1.63. The molecule has 1 N–H and O–H groups in total. The van der Waals surface area contributed by atoms with E-state index in [1.54, 1.807) is 43.3 Å². The molecule has 0 saturated heterocycles. The summed E-state index contributed by atoms with van der Waals surface area (Å²) in [6, 6.07) is 15.2. The number of imidazole rings is 1. The minimum atomic E-state index is -0.245. The molecule has 0 aliphatic carbocycles. The smallest absolute Gasteiger partial charge is 0.277 e. The van der Waals surface area contributed by atoms with Crippen LogP contribution < -0.4 is 15.0 Å². The van der Waals surface area contributed by atoms with Gasteiger partial charge in [-0.2, -0.15) is 0 Å². The molecule has 2 aromatic heterocycles. The van der Waals surface area contributed by atoms with Gasteiger partial charge in [-0.3, -0.25) is 4.79 Å². The van der Waals surface area contributed by atoms with Crippen LogP contribution in [0.1, 0.15) is 5.56 Å². The van der Waals surface area contributed by atoms with Crippen LogP contribution in [0.2, 0.25) is 0 Å². The summed E-state index contributed by atoms with van der Waals surface area (Å²) in [4.78, 5) is 24.4. The van der Waals surface area contributed by atoms with Gasteiger partial charge in [-0.05, 0) is 17.7 Å². The summed E-state index contributed by atoms with van der Waals surface area (Å²) in [7, 11) is 3.15. The first kappa shape index (κ1) is 16.8. The van der Waals surface area contributed by atoms with Gasteiger partial charge < -0.3 is 19.0 Å². The highest BCUT2D eigenvalue weighted by Gasteiger charge is 2.13. The highest BCUT2D eigenvalue weighted by molar-refractivity contribution is 5.73. The van der Waals surface area contributed by atoms with Crippen LogP contribution >= 0.6 is 0 Å². The van der Waals surface area contributed by atoms with E-state index in [0.717, 1.165) is 5.56 Å². The first-order valence-electron chi connectivity index (χ1n) is 8.40. The number of hydrogen-bond donors (Lipinski definition) is 1. The van der Waals surface area contributed by atoms with Crippen molar-refractivity contribution in [2.24, 2.45) is 0 Å². The number of benzene rings is 2. The quantitative estimate of drug-likeness (QED) is 0.590. The minimum Gasteiger partial charge on any atom is -0.497 e. The Labute approximate surface area is 155 Å². The molecule has 4 aromatic rings. The van der Waals surface area contributed by atoms with Crippen LogP contribution in [0, 0.1) is 0 Å². The van der Waals surface area contributed by atoms with Crippen molar-refractivity contribution in [1.82, 2.24) is 19.5 Å². The third-order valence-electron chi connectivity index (χ3n) is 4.30. The number of H-pyrrole nitrogens is 1. The second-order valence-corrected chi connectivity index (χ2v) is 6.05. The lowest BCUT2D eigenvalue weighted by Gasteiger charge is -2.08. The zero-order valence-electron chi connectivity index (χ0n) is 15.0. The molecule has 0 unspecified atom stereocenters. The first-order chi connectivity index (χ1) is 13.2. The van der Waals surface area contributed by atoms with E-state index in [1.807, 2.05) is 30.3 Å². The lowest BCUT2D eigenvalue weighted by atomic mass is 10.2. The molecule has 2 aromatic carbocycles. The predicted molar refractivity (Wildman–Crippen MR) is 102 cm³/mol. The molecule has 0 saturated carbocycles. The summed E-state index contributed by atoms with van der Waals surface area (Å²) in [5, 5.41) is 0. The number of aromatic amines is 1. The molecule has 136 valence electrons. The van der Waals surface area contributed by atoms with Gasteiger partial charge in [0.1, 0.15) is 17.3 Å². The predicted octanol–water partition coefficient (Wildman–Crippen LogP) is 2.85. The average molecular weight is 362 g/mol. The van der Waals surface area contributed by atoms with Crippen LogP contribution in [0.3, 0.4) is 0 Å². The summed E-state index contributed by atoms with van der Waals surface area (Å²) in [6.45, 7) is 0.550. The number of aromatic nitrogens is 4. The molecule has 7 nitrogen and oxygen atoms in total. The number of hydrogen-bond acceptors (Lipinski definition) is 5. The van der Waals surface area contributed by atoms with Gasteiger partial charge in [-0.25, -0.2) is 9.97 Å². The van der Waals surface area contributed by atoms with E-state index in [2.05, 4.69) is 15.0 Å². The Morgan fingerprint density at radius 3 is 2.41 bits per heavy atom. The molecule has 2 heterocycles. The molecular formula is C20H18N4O3. The molecule has 0 radical (unpaired) electrons. The number of rotatable bonds is 5. The van der Waals surface area contributed by atoms with Gasteiger partial charge in [0.15, 0.2) is 11.2 Å². The van der Waals surface area contributed by atoms with Gasteiger partial charge in [0, 0.05) is 18.2 Å². The molecule has 7 heteroatoms. The molecule has 0 aliphatic heterocycles. The fourth-order valence-electron chi connectivity index (χ4n) is 2.97. The van der Waals surface area contributed by atoms with E-state index in [9.17, 15) is 4.79 Å². The van der Waals surface area contributed by atoms with Crippen LogP contribution in [0.15, 0.2) is 59.7 Å². The maximum atomic E-state index is 12.7. The summed E-state index contributed by atoms with van der Waals surface area (Å²) in [5.41, 5.74) is 2.36. The Morgan fingerprint density at radius 1 is 1.04 bits per heavy atom. The van der Waals surface area contributed by atoms with Gasteiger partial charge in [0.05, 0.1) is 20.5 Å². The van der Waals surface area contributed by atoms with Crippen molar-refractivity contribution in [1.29, 1.82) is 0 Å². The fourth-order valence-corrected chi connectivity index (χ4v) is 2.97. The summed E-state index contributed by atoms with van der Waals surface area (Å²) >= 11 is 0. The van der Waals surface area contributed by atoms with Gasteiger partial charge >= 0.3 is 0 Å². The van der Waals surface area contributed by atoms with Crippen molar-refractivity contribution in [3.63, 3.8) is 0 Å². The van der Waals surface area contributed by atoms with E-state index >= 15 is 0 Å². The number of fused-ring (bicyclic) bond motifs is 1. The average Bonchev–Trinajstić information content (AvgIpc) is 3.11. The van der Waals surface area contributed by atoms with Crippen molar-refractivity contribution >= 4 is 11.2 Å². The van der Waals surface area contributed by atoms with Gasteiger partial charge in [-0.15, -0.1) is 0 Å². The lowest BCUT2D eigenvalue weighted by Crippen LogP contribution is -2.13. The first-order valence-corrected chi connectivity index (χ1v) is 8.40. The van der Waals surface area contributed by atoms with Crippen molar-refractivity contribution in [2.75, 3.05) is 14.2 Å². The highest BCUT2D eigenvalue weighted by Crippen LogP contribution is 2.28. The third-order valence-corrected chi connectivity index (χ3v) is 4.30. The highest BCUT2D eigenvalue weighted by atomic mass is 16.5. The number of nitrogens with zero attached hydrogens (tertiary/aromatic N) is 3. The Bertz CT molecular complexity index is 1130. The molecule has 4 rings (SSSR count). The molecule has 27 heavy (non-hydrogen) atoms. The Kier molecular flexibility index (Phi) is 4.33. The minimum absolute atomic E-state index is 0.245. The van der Waals surface area contributed by atoms with Crippen LogP contribution in [0.5, 0.6) is 11.5 Å². The molecule has 0 amide bonds. The van der Waals surface area contributed by atoms with Crippen LogP contribution in [-0.2, 0) is 6.54 Å². The van der Waals surface area contributed by atoms with E-state index in [4.69, 9.17) is 9.47 Å². The Balaban J connectivity index is 1.79. The topological polar surface area (TPSA) is 82.0 Å². The van der Waals surface area contributed by atoms with E-state index in [0.29, 0.717) is 40.6 Å². The van der Waals surface area contributed by atoms with Crippen molar-refractivity contribution in [3.05, 3.63) is 70.8 Å². The molecule has 0 aliphatic rings. The van der Waals surface area contributed by atoms with Crippen LogP contribution in [-0.4, -0.2) is 33.7 Å². The number of methoxy groups -OCH3 is 2. The van der Waals surface area contributed by atoms with Crippen molar-refractivity contribution < 1.29 is 9.47 Å². The maximum Gasteiger partial charge on any atom is 0.277 e. The normalized spacial score (nSPS) is 10.9. The van der Waals surface area contributed by atoms with Gasteiger partial charge in [0.2, 0.25) is 0 Å². The number of ether oxygens (including phenoxy) is 2. The zero-order valence-corrected chi connectivity index (χ0v) is 15.0. The standard InChI is InChI=1S/C20H18N4O3/c1-26-15-8-14(9-16(10-15)27-2)18-22-19-17(20(25)23-18)24(12-21-19)11-13-6-4-3-5-7-13/h3-10,12H,11H2,1-2H3,(H,22,23,25). The summed E-state index contributed by atoms with van der Waals surface area (Å²) in [5.74, 6) is 1.64. The fraction of sp³-hybridized carbons (Fsp3) is 0.150. The molecular weight excluding hydrogens is 344 g/mol. The Morgan fingerprint density at radius 2 is 1.74 bits per heavy atom. The van der Waals surface area contributed by atoms with Crippen LogP contribution in [0.4, 0.5) is 0 Å². The molecule has 0 spiro atoms. The van der Waals surface area contributed by atoms with Gasteiger partial charge in [-0.1, -0.05) is 30.3 Å². The van der Waals surface area contributed by atoms with E-state index in [-0.39, 0.29) is 5.56 Å². The SMILES string of the molecule is COc1cc(OC)cc(-c2nc3ncn(Cc4ccccc4)c3c(=O)[nH]2)c1. The third kappa shape index (κ3) is 3.27. The van der Waals surface area contributed by atoms with Gasteiger partial charge in [0.25, 0.3) is 5.56 Å². The second kappa shape index (κ2) is 6.95. The molecule has 0 fully saturated rings. The van der Waals surface area contributed by atoms with Crippen molar-refractivity contribution in [3.8, 4) is 22.9 Å². The lowest BCUT2D eigenvalue weighted by molar-refractivity contribution is 0.394. The molecule has 0 atom stereocenters. The van der Waals surface area contributed by atoms with Crippen molar-refractivity contribution in [2.45, 2.75) is 6.54 Å². The monoisotopic (exact) mass is 362 g/mol. The largest absolute Gasteiger partial charge is 0.497 e. The number of nitrogens with one attached hydrogen (secondary N) is 1. The maximum absolute atomic E-state index is 12.7. The van der Waals surface area contributed by atoms with E-state index in [1.165, 1.54) is 0 Å². The zero-order chi connectivity index (χ0) is 18.8. The van der Waals surface area contributed by atoms with E-state index < -0.39 is 0 Å². The Hall–Kier alpha value is -3.61.